The van der Waals surface area contributed by atoms with Gasteiger partial charge in [0.15, 0.2) is 0 Å². The summed E-state index contributed by atoms with van der Waals surface area (Å²) in [5.74, 6) is 0.573. The monoisotopic (exact) mass is 447 g/mol. The number of benzene rings is 1. The first-order valence-electron chi connectivity index (χ1n) is 8.76. The normalized spacial score (nSPS) is 20.9. The van der Waals surface area contributed by atoms with Crippen molar-refractivity contribution in [1.82, 2.24) is 25.6 Å². The van der Waals surface area contributed by atoms with Gasteiger partial charge < -0.3 is 5.32 Å². The average Bonchev–Trinajstić information content (AvgIpc) is 3.24. The maximum Gasteiger partial charge on any atom is 0.253 e. The summed E-state index contributed by atoms with van der Waals surface area (Å²) in [4.78, 5) is 38.7. The van der Waals surface area contributed by atoms with E-state index in [-0.39, 0.29) is 23.6 Å². The Morgan fingerprint density at radius 2 is 2.14 bits per heavy atom. The lowest BCUT2D eigenvalue weighted by Gasteiger charge is -2.49. The molecule has 2 aliphatic rings. The molecule has 1 saturated heterocycles. The van der Waals surface area contributed by atoms with E-state index < -0.39 is 11.2 Å². The van der Waals surface area contributed by atoms with Crippen LogP contribution in [-0.4, -0.2) is 60.2 Å². The molecule has 2 atom stereocenters. The van der Waals surface area contributed by atoms with Gasteiger partial charge in [-0.2, -0.15) is 10.3 Å². The van der Waals surface area contributed by atoms with Gasteiger partial charge in [-0.05, 0) is 11.1 Å². The molecular weight excluding hydrogens is 430 g/mol. The lowest BCUT2D eigenvalue weighted by atomic mass is 10.0. The van der Waals surface area contributed by atoms with Gasteiger partial charge in [0.2, 0.25) is 11.0 Å². The van der Waals surface area contributed by atoms with Gasteiger partial charge in [-0.3, -0.25) is 19.3 Å². The summed E-state index contributed by atoms with van der Waals surface area (Å²) in [7, 11) is 0. The number of hydrogen-bond donors (Lipinski definition) is 3. The van der Waals surface area contributed by atoms with E-state index in [2.05, 4.69) is 33.4 Å². The number of amides is 2. The highest BCUT2D eigenvalue weighted by Gasteiger charge is 2.53. The summed E-state index contributed by atoms with van der Waals surface area (Å²) >= 11 is 6.93. The zero-order chi connectivity index (χ0) is 20.4. The summed E-state index contributed by atoms with van der Waals surface area (Å²) in [6, 6.07) is 8.71. The highest BCUT2D eigenvalue weighted by Crippen LogP contribution is 2.42. The van der Waals surface area contributed by atoms with E-state index in [9.17, 15) is 14.4 Å². The van der Waals surface area contributed by atoms with Gasteiger partial charge >= 0.3 is 0 Å². The Bertz CT molecular complexity index is 964. The van der Waals surface area contributed by atoms with Crippen LogP contribution >= 0.6 is 36.2 Å². The Morgan fingerprint density at radius 1 is 1.34 bits per heavy atom. The van der Waals surface area contributed by atoms with E-state index in [1.165, 1.54) is 28.4 Å². The fourth-order valence-corrected chi connectivity index (χ4v) is 5.76. The Kier molecular flexibility index (Phi) is 5.97. The van der Waals surface area contributed by atoms with Crippen molar-refractivity contribution in [3.63, 3.8) is 0 Å². The molecule has 2 aromatic rings. The number of H-pyrrole nitrogens is 1. The number of aromatic amines is 1. The molecule has 8 nitrogen and oxygen atoms in total. The molecule has 3 heterocycles. The minimum atomic E-state index is -0.636. The standard InChI is InChI=1S/C18H17N5O3S3/c24-12(6-10-4-2-1-3-5-10)20-14-16(25)23-15(18(26)27)11(9-29-17(14)23)8-28-13-7-19-22-21-13/h1-5,7,14,17H,6,8-9H2,(H,20,24)(H,26,27)(H,19,21,22)/t14-,17-/m1/s1. The number of rotatable bonds is 7. The topological polar surface area (TPSA) is 108 Å². The fraction of sp³-hybridized carbons (Fsp3) is 0.278. The van der Waals surface area contributed by atoms with E-state index in [0.717, 1.165) is 11.1 Å². The summed E-state index contributed by atoms with van der Waals surface area (Å²) in [5, 5.41) is 13.0. The number of hydrogen-bond acceptors (Lipinski definition) is 7. The number of fused-ring (bicyclic) bond motifs is 1. The van der Waals surface area contributed by atoms with Crippen LogP contribution in [0.5, 0.6) is 0 Å². The van der Waals surface area contributed by atoms with Crippen molar-refractivity contribution in [2.24, 2.45) is 0 Å². The van der Waals surface area contributed by atoms with Crippen LogP contribution in [0.25, 0.3) is 0 Å². The minimum Gasteiger partial charge on any atom is -0.341 e. The predicted molar refractivity (Wildman–Crippen MR) is 113 cm³/mol. The second kappa shape index (κ2) is 8.64. The molecule has 0 saturated carbocycles. The maximum absolute atomic E-state index is 12.7. The summed E-state index contributed by atoms with van der Waals surface area (Å²) in [6.45, 7) is 0. The Hall–Kier alpha value is -2.24. The zero-order valence-electron chi connectivity index (χ0n) is 15.1. The van der Waals surface area contributed by atoms with Crippen molar-refractivity contribution in [3.8, 4) is 0 Å². The van der Waals surface area contributed by atoms with Crippen molar-refractivity contribution in [2.75, 3.05) is 11.5 Å². The lowest BCUT2D eigenvalue weighted by molar-refractivity contribution is -0.146. The summed E-state index contributed by atoms with van der Waals surface area (Å²) in [6.07, 6.45) is 1.80. The van der Waals surface area contributed by atoms with Gasteiger partial charge in [0, 0.05) is 11.5 Å². The van der Waals surface area contributed by atoms with E-state index >= 15 is 0 Å². The van der Waals surface area contributed by atoms with Crippen LogP contribution in [0.2, 0.25) is 0 Å². The summed E-state index contributed by atoms with van der Waals surface area (Å²) < 4.78 is 0. The van der Waals surface area contributed by atoms with Gasteiger partial charge in [-0.25, -0.2) is 0 Å². The third-order valence-corrected chi connectivity index (χ3v) is 7.10. The highest BCUT2D eigenvalue weighted by atomic mass is 32.2. The van der Waals surface area contributed by atoms with Crippen molar-refractivity contribution >= 4 is 53.1 Å². The molecule has 0 unspecified atom stereocenters. The van der Waals surface area contributed by atoms with Crippen LogP contribution < -0.4 is 5.32 Å². The number of thiol groups is 1. The van der Waals surface area contributed by atoms with Gasteiger partial charge in [0.05, 0.1) is 12.6 Å². The fourth-order valence-electron chi connectivity index (χ4n) is 3.22. The molecule has 0 aliphatic carbocycles. The molecule has 4 rings (SSSR count). The molecule has 0 spiro atoms. The quantitative estimate of drug-likeness (QED) is 0.333. The molecule has 0 bridgehead atoms. The zero-order valence-corrected chi connectivity index (χ0v) is 17.6. The number of carbonyl (C=O) groups excluding carboxylic acids is 3. The number of carbonyl (C=O) groups is 3. The Balaban J connectivity index is 1.43. The largest absolute Gasteiger partial charge is 0.341 e. The predicted octanol–water partition coefficient (Wildman–Crippen LogP) is 1.25. The van der Waals surface area contributed by atoms with E-state index in [1.54, 1.807) is 6.20 Å². The minimum absolute atomic E-state index is 0.204. The number of thioether (sulfide) groups is 2. The molecule has 1 fully saturated rings. The van der Waals surface area contributed by atoms with Gasteiger partial charge in [-0.15, -0.1) is 16.9 Å². The molecule has 150 valence electrons. The van der Waals surface area contributed by atoms with Crippen molar-refractivity contribution < 1.29 is 14.4 Å². The van der Waals surface area contributed by atoms with Gasteiger partial charge in [0.25, 0.3) is 5.91 Å². The number of nitrogens with one attached hydrogen (secondary N) is 2. The molecule has 1 aromatic heterocycles. The first-order chi connectivity index (χ1) is 14.0. The molecule has 2 aliphatic heterocycles. The summed E-state index contributed by atoms with van der Waals surface area (Å²) in [5.41, 5.74) is 2.01. The van der Waals surface area contributed by atoms with Crippen LogP contribution in [0.3, 0.4) is 0 Å². The molecule has 2 N–H and O–H groups in total. The first kappa shape index (κ1) is 20.0. The third kappa shape index (κ3) is 4.21. The number of nitrogens with zero attached hydrogens (tertiary/aromatic N) is 3. The van der Waals surface area contributed by atoms with Gasteiger partial charge in [0.1, 0.15) is 22.1 Å². The maximum atomic E-state index is 12.7. The molecule has 29 heavy (non-hydrogen) atoms. The molecule has 2 amide bonds. The van der Waals surface area contributed by atoms with Crippen molar-refractivity contribution in [1.29, 1.82) is 0 Å². The molecule has 0 radical (unpaired) electrons. The Labute approximate surface area is 180 Å². The first-order valence-corrected chi connectivity index (χ1v) is 11.2. The number of β-lactam (4-membered cyclic amide) rings is 1. The molecular formula is C18H17N5O3S3. The van der Waals surface area contributed by atoms with E-state index in [0.29, 0.717) is 22.2 Å². The van der Waals surface area contributed by atoms with Crippen molar-refractivity contribution in [2.45, 2.75) is 22.9 Å². The second-order valence-electron chi connectivity index (χ2n) is 6.47. The second-order valence-corrected chi connectivity index (χ2v) is 8.98. The average molecular weight is 448 g/mol. The van der Waals surface area contributed by atoms with Crippen LogP contribution in [0.4, 0.5) is 0 Å². The lowest BCUT2D eigenvalue weighted by Crippen LogP contribution is -2.70. The molecule has 11 heteroatoms. The SMILES string of the molecule is O=C(Cc1ccccc1)N[C@@H]1C(=O)N2C(C(=O)S)=C(CSc3cn[nH]n3)CS[C@H]12. The highest BCUT2D eigenvalue weighted by molar-refractivity contribution is 8.01. The van der Waals surface area contributed by atoms with Crippen LogP contribution in [-0.2, 0) is 20.8 Å². The Morgan fingerprint density at radius 3 is 2.83 bits per heavy atom. The van der Waals surface area contributed by atoms with E-state index in [1.807, 2.05) is 30.3 Å². The smallest absolute Gasteiger partial charge is 0.253 e. The van der Waals surface area contributed by atoms with E-state index in [4.69, 9.17) is 0 Å². The molecule has 1 aromatic carbocycles. The van der Waals surface area contributed by atoms with Crippen LogP contribution in [0.1, 0.15) is 5.56 Å². The van der Waals surface area contributed by atoms with Crippen LogP contribution in [0.15, 0.2) is 52.8 Å². The number of aromatic nitrogens is 3. The van der Waals surface area contributed by atoms with Crippen molar-refractivity contribution in [3.05, 3.63) is 53.4 Å². The van der Waals surface area contributed by atoms with Gasteiger partial charge in [-0.1, -0.05) is 54.7 Å². The van der Waals surface area contributed by atoms with Crippen LogP contribution in [0, 0.1) is 0 Å². The third-order valence-electron chi connectivity index (χ3n) is 4.56.